The van der Waals surface area contributed by atoms with Crippen LogP contribution in [0.25, 0.3) is 0 Å². The van der Waals surface area contributed by atoms with Crippen molar-refractivity contribution in [3.63, 3.8) is 0 Å². The number of ether oxygens (including phenoxy) is 1. The fraction of sp³-hybridized carbons (Fsp3) is 0.424. The van der Waals surface area contributed by atoms with Gasteiger partial charge in [-0.3, -0.25) is 4.79 Å². The lowest BCUT2D eigenvalue weighted by Crippen LogP contribution is -2.25. The Morgan fingerprint density at radius 3 is 2.14 bits per heavy atom. The minimum atomic E-state index is -0.0665. The number of hydrogen-bond donors (Lipinski definition) is 1. The van der Waals surface area contributed by atoms with Crippen molar-refractivity contribution >= 4 is 5.78 Å². The molecule has 0 aromatic heterocycles. The highest BCUT2D eigenvalue weighted by Crippen LogP contribution is 2.29. The molecule has 0 heterocycles. The topological polar surface area (TPSA) is 38.3 Å². The summed E-state index contributed by atoms with van der Waals surface area (Å²) in [6.45, 7) is 14.2. The lowest BCUT2D eigenvalue weighted by Gasteiger charge is -2.25. The predicted molar refractivity (Wildman–Crippen MR) is 153 cm³/mol. The number of Topliss-reactive ketones (excluding diaryl/α,β-unsaturated/α-hetero) is 1. The normalized spacial score (nSPS) is 13.3. The average Bonchev–Trinajstić information content (AvgIpc) is 2.87. The Labute approximate surface area is 219 Å². The van der Waals surface area contributed by atoms with Gasteiger partial charge in [0.05, 0.1) is 6.10 Å². The Morgan fingerprint density at radius 1 is 1.00 bits per heavy atom. The molecule has 194 valence electrons. The van der Waals surface area contributed by atoms with E-state index in [-0.39, 0.29) is 23.4 Å². The second kappa shape index (κ2) is 16.1. The van der Waals surface area contributed by atoms with Crippen LogP contribution in [0.2, 0.25) is 0 Å². The van der Waals surface area contributed by atoms with Gasteiger partial charge in [-0.1, -0.05) is 119 Å². The summed E-state index contributed by atoms with van der Waals surface area (Å²) in [6.07, 6.45) is 11.8. The van der Waals surface area contributed by atoms with Gasteiger partial charge in [0.15, 0.2) is 0 Å². The Morgan fingerprint density at radius 2 is 1.61 bits per heavy atom. The molecule has 0 saturated heterocycles. The average molecular weight is 488 g/mol. The maximum Gasteiger partial charge on any atom is 0.136 e. The molecule has 1 atom stereocenters. The van der Waals surface area contributed by atoms with Gasteiger partial charge in [-0.25, -0.2) is 0 Å². The number of rotatable bonds is 16. The van der Waals surface area contributed by atoms with Crippen LogP contribution in [0.1, 0.15) is 77.0 Å². The van der Waals surface area contributed by atoms with Crippen molar-refractivity contribution in [3.8, 4) is 0 Å². The summed E-state index contributed by atoms with van der Waals surface area (Å²) in [5.74, 6) is 0.281. The number of hydrogen-bond acceptors (Lipinski definition) is 3. The molecule has 3 heteroatoms. The van der Waals surface area contributed by atoms with Crippen molar-refractivity contribution in [1.29, 1.82) is 0 Å². The fourth-order valence-corrected chi connectivity index (χ4v) is 4.07. The Bertz CT molecular complexity index is 915. The second-order valence-corrected chi connectivity index (χ2v) is 10.3. The summed E-state index contributed by atoms with van der Waals surface area (Å²) < 4.78 is 6.61. The van der Waals surface area contributed by atoms with Crippen LogP contribution in [0.3, 0.4) is 0 Å². The number of carbonyl (C=O) groups is 1. The number of allylic oxidation sites excluding steroid dienone is 5. The van der Waals surface area contributed by atoms with Crippen molar-refractivity contribution in [2.45, 2.75) is 72.0 Å². The van der Waals surface area contributed by atoms with Crippen molar-refractivity contribution in [2.24, 2.45) is 5.41 Å². The zero-order valence-corrected chi connectivity index (χ0v) is 22.7. The zero-order chi connectivity index (χ0) is 26.2. The lowest BCUT2D eigenvalue weighted by molar-refractivity contribution is -0.118. The Hall–Kier alpha value is -2.75. The summed E-state index contributed by atoms with van der Waals surface area (Å²) >= 11 is 0. The molecule has 0 bridgehead atoms. The van der Waals surface area contributed by atoms with Gasteiger partial charge in [-0.05, 0) is 54.5 Å². The molecule has 2 rings (SSSR count). The van der Waals surface area contributed by atoms with E-state index in [2.05, 4.69) is 94.2 Å². The molecule has 0 saturated carbocycles. The molecule has 2 aromatic carbocycles. The largest absolute Gasteiger partial charge is 0.366 e. The first kappa shape index (κ1) is 29.5. The minimum absolute atomic E-state index is 0.0416. The molecule has 0 radical (unpaired) electrons. The molecule has 2 aromatic rings. The molecule has 1 N–H and O–H groups in total. The van der Waals surface area contributed by atoms with Gasteiger partial charge >= 0.3 is 0 Å². The van der Waals surface area contributed by atoms with E-state index < -0.39 is 0 Å². The van der Waals surface area contributed by atoms with E-state index in [1.54, 1.807) is 6.08 Å². The van der Waals surface area contributed by atoms with Gasteiger partial charge in [0.2, 0.25) is 0 Å². The van der Waals surface area contributed by atoms with E-state index in [1.807, 2.05) is 24.3 Å². The summed E-state index contributed by atoms with van der Waals surface area (Å²) in [6, 6.07) is 20.9. The molecular formula is C33H45NO2. The van der Waals surface area contributed by atoms with E-state index in [1.165, 1.54) is 16.7 Å². The van der Waals surface area contributed by atoms with Crippen LogP contribution < -0.4 is 5.32 Å². The monoisotopic (exact) mass is 487 g/mol. The molecule has 0 aliphatic rings. The van der Waals surface area contributed by atoms with E-state index in [9.17, 15) is 4.79 Å². The molecule has 1 unspecified atom stereocenters. The summed E-state index contributed by atoms with van der Waals surface area (Å²) in [5.41, 5.74) is 3.58. The first-order valence-corrected chi connectivity index (χ1v) is 13.3. The number of ketones is 1. The highest BCUT2D eigenvalue weighted by molar-refractivity contribution is 5.79. The van der Waals surface area contributed by atoms with Crippen molar-refractivity contribution in [1.82, 2.24) is 5.32 Å². The SMILES string of the molecule is C=C/C=C(\C=C/CC(=O)CCCNCCC(CC)OC(c1ccccc1)c1ccccc1)C(C)(C)C. The minimum Gasteiger partial charge on any atom is -0.366 e. The first-order chi connectivity index (χ1) is 17.3. The molecule has 3 nitrogen and oxygen atoms in total. The standard InChI is InChI=1S/C33H45NO2/c1-6-16-29(33(3,4)5)21-14-22-30(35)23-15-25-34-26-24-31(7-2)36-32(27-17-10-8-11-18-27)28-19-12-9-13-20-28/h6,8-14,16-21,31-32,34H,1,7,15,22-26H2,2-5H3/b21-14-,29-16+. The van der Waals surface area contributed by atoms with Crippen LogP contribution in [-0.2, 0) is 9.53 Å². The lowest BCUT2D eigenvalue weighted by atomic mass is 9.85. The first-order valence-electron chi connectivity index (χ1n) is 13.3. The summed E-state index contributed by atoms with van der Waals surface area (Å²) in [4.78, 5) is 12.3. The van der Waals surface area contributed by atoms with Crippen LogP contribution in [0, 0.1) is 5.41 Å². The van der Waals surface area contributed by atoms with Crippen LogP contribution in [-0.4, -0.2) is 25.0 Å². The highest BCUT2D eigenvalue weighted by atomic mass is 16.5. The number of benzene rings is 2. The van der Waals surface area contributed by atoms with Gasteiger partial charge in [0, 0.05) is 12.8 Å². The van der Waals surface area contributed by atoms with Gasteiger partial charge < -0.3 is 10.1 Å². The smallest absolute Gasteiger partial charge is 0.136 e. The third-order valence-electron chi connectivity index (χ3n) is 6.25. The van der Waals surface area contributed by atoms with Crippen molar-refractivity contribution < 1.29 is 9.53 Å². The van der Waals surface area contributed by atoms with Gasteiger partial charge in [0.1, 0.15) is 11.9 Å². The zero-order valence-electron chi connectivity index (χ0n) is 22.7. The Kier molecular flexibility index (Phi) is 13.2. The molecule has 0 aliphatic carbocycles. The predicted octanol–water partition coefficient (Wildman–Crippen LogP) is 8.01. The van der Waals surface area contributed by atoms with Crippen LogP contribution in [0.15, 0.2) is 97.1 Å². The van der Waals surface area contributed by atoms with Crippen molar-refractivity contribution in [2.75, 3.05) is 13.1 Å². The van der Waals surface area contributed by atoms with Crippen LogP contribution in [0.5, 0.6) is 0 Å². The molecule has 36 heavy (non-hydrogen) atoms. The fourth-order valence-electron chi connectivity index (χ4n) is 4.07. The molecule has 0 amide bonds. The maximum absolute atomic E-state index is 12.3. The number of carbonyl (C=O) groups excluding carboxylic acids is 1. The van der Waals surface area contributed by atoms with Gasteiger partial charge in [-0.2, -0.15) is 0 Å². The maximum atomic E-state index is 12.3. The van der Waals surface area contributed by atoms with E-state index >= 15 is 0 Å². The second-order valence-electron chi connectivity index (χ2n) is 10.3. The highest BCUT2D eigenvalue weighted by Gasteiger charge is 2.19. The van der Waals surface area contributed by atoms with Gasteiger partial charge in [0.25, 0.3) is 0 Å². The van der Waals surface area contributed by atoms with Gasteiger partial charge in [-0.15, -0.1) is 0 Å². The third kappa shape index (κ3) is 10.9. The summed E-state index contributed by atoms with van der Waals surface area (Å²) in [5, 5.41) is 3.50. The Balaban J connectivity index is 1.74. The summed E-state index contributed by atoms with van der Waals surface area (Å²) in [7, 11) is 0. The molecular weight excluding hydrogens is 442 g/mol. The number of nitrogens with one attached hydrogen (secondary N) is 1. The van der Waals surface area contributed by atoms with E-state index in [4.69, 9.17) is 4.74 Å². The van der Waals surface area contributed by atoms with E-state index in [0.717, 1.165) is 32.4 Å². The third-order valence-corrected chi connectivity index (χ3v) is 6.25. The van der Waals surface area contributed by atoms with E-state index in [0.29, 0.717) is 12.8 Å². The van der Waals surface area contributed by atoms with Crippen LogP contribution >= 0.6 is 0 Å². The van der Waals surface area contributed by atoms with Crippen molar-refractivity contribution in [3.05, 3.63) is 108 Å². The quantitative estimate of drug-likeness (QED) is 0.192. The molecule has 0 aliphatic heterocycles. The molecule has 0 spiro atoms. The molecule has 0 fully saturated rings. The van der Waals surface area contributed by atoms with Crippen LogP contribution in [0.4, 0.5) is 0 Å².